The van der Waals surface area contributed by atoms with E-state index in [2.05, 4.69) is 15.6 Å². The molecule has 30 heavy (non-hydrogen) atoms. The smallest absolute Gasteiger partial charge is 0.326 e. The van der Waals surface area contributed by atoms with Gasteiger partial charge in [-0.25, -0.2) is 4.79 Å². The van der Waals surface area contributed by atoms with Crippen molar-refractivity contribution in [2.24, 2.45) is 28.1 Å². The van der Waals surface area contributed by atoms with Crippen LogP contribution in [0.3, 0.4) is 0 Å². The van der Waals surface area contributed by atoms with Gasteiger partial charge in [0.2, 0.25) is 17.7 Å². The van der Waals surface area contributed by atoms with Gasteiger partial charge in [-0.1, -0.05) is 13.8 Å². The first-order valence-electron chi connectivity index (χ1n) is 9.97. The van der Waals surface area contributed by atoms with Gasteiger partial charge in [0.1, 0.15) is 18.1 Å². The van der Waals surface area contributed by atoms with Gasteiger partial charge in [0, 0.05) is 13.1 Å². The zero-order valence-corrected chi connectivity index (χ0v) is 17.5. The Morgan fingerprint density at radius 3 is 2.40 bits per heavy atom. The lowest BCUT2D eigenvalue weighted by Crippen LogP contribution is -2.57. The normalized spacial score (nSPS) is 17.9. The summed E-state index contributed by atoms with van der Waals surface area (Å²) in [6.45, 7) is 3.90. The zero-order valence-electron chi connectivity index (χ0n) is 17.5. The molecule has 3 amide bonds. The fourth-order valence-corrected chi connectivity index (χ4v) is 3.26. The number of hydrogen-bond acceptors (Lipinski definition) is 6. The number of carboxylic acids is 1. The van der Waals surface area contributed by atoms with Crippen molar-refractivity contribution in [3.63, 3.8) is 0 Å². The van der Waals surface area contributed by atoms with Crippen LogP contribution in [0.2, 0.25) is 0 Å². The van der Waals surface area contributed by atoms with E-state index < -0.39 is 35.9 Å². The molecular weight excluding hydrogens is 394 g/mol. The van der Waals surface area contributed by atoms with Crippen LogP contribution in [0.5, 0.6) is 0 Å². The molecule has 0 radical (unpaired) electrons. The Labute approximate surface area is 175 Å². The third-order valence-electron chi connectivity index (χ3n) is 4.83. The zero-order chi connectivity index (χ0) is 22.8. The number of hydrogen-bond donors (Lipinski definition) is 6. The number of aliphatic imine (C=N–C) groups is 1. The third-order valence-corrected chi connectivity index (χ3v) is 4.83. The summed E-state index contributed by atoms with van der Waals surface area (Å²) in [5, 5.41) is 14.5. The molecule has 12 nitrogen and oxygen atoms in total. The maximum absolute atomic E-state index is 13.0. The maximum Gasteiger partial charge on any atom is 0.326 e. The lowest BCUT2D eigenvalue weighted by atomic mass is 10.0. The molecule has 0 saturated carbocycles. The molecule has 0 bridgehead atoms. The molecule has 1 rings (SSSR count). The average Bonchev–Trinajstić information content (AvgIpc) is 3.16. The molecule has 1 aliphatic heterocycles. The molecule has 9 N–H and O–H groups in total. The molecule has 1 aliphatic rings. The molecule has 3 atom stereocenters. The number of carbonyl (C=O) groups excluding carboxylic acids is 3. The molecule has 0 spiro atoms. The first kappa shape index (κ1) is 25.1. The lowest BCUT2D eigenvalue weighted by molar-refractivity contribution is -0.145. The number of nitrogens with one attached hydrogen (secondary N) is 2. The Morgan fingerprint density at radius 2 is 1.87 bits per heavy atom. The van der Waals surface area contributed by atoms with Gasteiger partial charge in [0.05, 0.1) is 6.54 Å². The number of amides is 3. The van der Waals surface area contributed by atoms with Crippen molar-refractivity contribution in [3.8, 4) is 0 Å². The van der Waals surface area contributed by atoms with Crippen molar-refractivity contribution in [2.45, 2.75) is 57.7 Å². The summed E-state index contributed by atoms with van der Waals surface area (Å²) in [6.07, 6.45) is 1.51. The number of likely N-dealkylation sites (tertiary alicyclic amines) is 1. The Hall–Kier alpha value is -2.89. The molecule has 1 fully saturated rings. The van der Waals surface area contributed by atoms with Gasteiger partial charge < -0.3 is 37.8 Å². The van der Waals surface area contributed by atoms with Gasteiger partial charge >= 0.3 is 5.97 Å². The summed E-state index contributed by atoms with van der Waals surface area (Å²) in [5.41, 5.74) is 15.8. The maximum atomic E-state index is 13.0. The summed E-state index contributed by atoms with van der Waals surface area (Å²) in [7, 11) is 0. The van der Waals surface area contributed by atoms with Crippen LogP contribution in [0.25, 0.3) is 0 Å². The number of aliphatic carboxylic acids is 1. The van der Waals surface area contributed by atoms with Crippen molar-refractivity contribution >= 4 is 29.7 Å². The van der Waals surface area contributed by atoms with Crippen molar-refractivity contribution in [2.75, 3.05) is 19.6 Å². The number of nitrogens with zero attached hydrogens (tertiary/aromatic N) is 2. The molecule has 0 aromatic rings. The summed E-state index contributed by atoms with van der Waals surface area (Å²) in [6, 6.07) is -2.74. The summed E-state index contributed by atoms with van der Waals surface area (Å²) >= 11 is 0. The highest BCUT2D eigenvalue weighted by Gasteiger charge is 2.39. The molecule has 1 saturated heterocycles. The Morgan fingerprint density at radius 1 is 1.20 bits per heavy atom. The van der Waals surface area contributed by atoms with Crippen LogP contribution in [-0.4, -0.2) is 77.4 Å². The van der Waals surface area contributed by atoms with Crippen LogP contribution in [0.4, 0.5) is 0 Å². The minimum absolute atomic E-state index is 0.0903. The summed E-state index contributed by atoms with van der Waals surface area (Å²) < 4.78 is 0. The third kappa shape index (κ3) is 7.50. The molecule has 0 aromatic heterocycles. The number of rotatable bonds is 11. The second-order valence-electron chi connectivity index (χ2n) is 7.53. The van der Waals surface area contributed by atoms with E-state index in [-0.39, 0.29) is 37.3 Å². The number of carbonyl (C=O) groups is 4. The predicted octanol–water partition coefficient (Wildman–Crippen LogP) is -2.30. The molecule has 3 unspecified atom stereocenters. The monoisotopic (exact) mass is 427 g/mol. The van der Waals surface area contributed by atoms with E-state index >= 15 is 0 Å². The quantitative estimate of drug-likeness (QED) is 0.120. The van der Waals surface area contributed by atoms with Crippen molar-refractivity contribution in [3.05, 3.63) is 0 Å². The molecule has 170 valence electrons. The van der Waals surface area contributed by atoms with Crippen LogP contribution in [0.1, 0.15) is 39.5 Å². The van der Waals surface area contributed by atoms with E-state index in [1.165, 1.54) is 4.90 Å². The van der Waals surface area contributed by atoms with Gasteiger partial charge in [0.25, 0.3) is 0 Å². The first-order valence-corrected chi connectivity index (χ1v) is 9.97. The average molecular weight is 428 g/mol. The van der Waals surface area contributed by atoms with Crippen LogP contribution >= 0.6 is 0 Å². The van der Waals surface area contributed by atoms with Crippen LogP contribution in [-0.2, 0) is 19.2 Å². The molecule has 1 heterocycles. The topological polar surface area (TPSA) is 206 Å². The van der Waals surface area contributed by atoms with Crippen LogP contribution in [0.15, 0.2) is 4.99 Å². The Balaban J connectivity index is 2.81. The van der Waals surface area contributed by atoms with E-state index in [1.54, 1.807) is 13.8 Å². The van der Waals surface area contributed by atoms with Gasteiger partial charge in [-0.15, -0.1) is 0 Å². The highest BCUT2D eigenvalue weighted by atomic mass is 16.4. The molecular formula is C18H33N7O5. The number of guanidine groups is 1. The minimum Gasteiger partial charge on any atom is -0.480 e. The largest absolute Gasteiger partial charge is 0.480 e. The Bertz CT molecular complexity index is 663. The highest BCUT2D eigenvalue weighted by molar-refractivity contribution is 5.94. The second kappa shape index (κ2) is 12.0. The van der Waals surface area contributed by atoms with E-state index in [0.717, 1.165) is 0 Å². The Kier molecular flexibility index (Phi) is 10.0. The van der Waals surface area contributed by atoms with Crippen molar-refractivity contribution in [1.29, 1.82) is 0 Å². The standard InChI is InChI=1S/C18H33N7O5/c1-10(2)14(24-13(26)9-19)16(28)25-8-4-6-12(25)15(27)23-11(17(29)30)5-3-7-22-18(20)21/h10-12,14H,3-9,19H2,1-2H3,(H,23,27)(H,24,26)(H,29,30)(H4,20,21,22). The highest BCUT2D eigenvalue weighted by Crippen LogP contribution is 2.21. The number of carboxylic acid groups (broad SMARTS) is 1. The molecule has 12 heteroatoms. The summed E-state index contributed by atoms with van der Waals surface area (Å²) in [4.78, 5) is 54.1. The van der Waals surface area contributed by atoms with Crippen LogP contribution < -0.4 is 27.8 Å². The molecule has 0 aliphatic carbocycles. The fourth-order valence-electron chi connectivity index (χ4n) is 3.26. The van der Waals surface area contributed by atoms with E-state index in [1.807, 2.05) is 0 Å². The summed E-state index contributed by atoms with van der Waals surface area (Å²) in [5.74, 6) is -2.87. The minimum atomic E-state index is -1.18. The SMILES string of the molecule is CC(C)C(NC(=O)CN)C(=O)N1CCCC1C(=O)NC(CCCN=C(N)N)C(=O)O. The second-order valence-corrected chi connectivity index (χ2v) is 7.53. The van der Waals surface area contributed by atoms with Gasteiger partial charge in [-0.05, 0) is 31.6 Å². The van der Waals surface area contributed by atoms with Crippen LogP contribution in [0, 0.1) is 5.92 Å². The molecule has 0 aromatic carbocycles. The van der Waals surface area contributed by atoms with E-state index in [0.29, 0.717) is 25.8 Å². The van der Waals surface area contributed by atoms with Gasteiger partial charge in [-0.3, -0.25) is 19.4 Å². The van der Waals surface area contributed by atoms with Crippen molar-refractivity contribution in [1.82, 2.24) is 15.5 Å². The fraction of sp³-hybridized carbons (Fsp3) is 0.722. The number of nitrogens with two attached hydrogens (primary N) is 3. The lowest BCUT2D eigenvalue weighted by Gasteiger charge is -2.31. The predicted molar refractivity (Wildman–Crippen MR) is 110 cm³/mol. The van der Waals surface area contributed by atoms with E-state index in [9.17, 15) is 24.3 Å². The van der Waals surface area contributed by atoms with Gasteiger partial charge in [0.15, 0.2) is 5.96 Å². The van der Waals surface area contributed by atoms with Crippen molar-refractivity contribution < 1.29 is 24.3 Å². The first-order chi connectivity index (χ1) is 14.1. The van der Waals surface area contributed by atoms with E-state index in [4.69, 9.17) is 17.2 Å². The van der Waals surface area contributed by atoms with Gasteiger partial charge in [-0.2, -0.15) is 0 Å².